The van der Waals surface area contributed by atoms with E-state index in [4.69, 9.17) is 9.47 Å². The Hall–Kier alpha value is -3.75. The number of nitrogens with zero attached hydrogens (tertiary/aromatic N) is 4. The van der Waals surface area contributed by atoms with Crippen molar-refractivity contribution in [2.45, 2.75) is 13.5 Å². The Bertz CT molecular complexity index is 1010. The fourth-order valence-electron chi connectivity index (χ4n) is 2.39. The van der Waals surface area contributed by atoms with Gasteiger partial charge in [0.1, 0.15) is 12.1 Å². The first-order chi connectivity index (χ1) is 13.1. The van der Waals surface area contributed by atoms with E-state index in [9.17, 15) is 9.59 Å². The third-order valence-corrected chi connectivity index (χ3v) is 3.56. The molecular formula is C18H17N5O4. The fourth-order valence-corrected chi connectivity index (χ4v) is 2.39. The molecule has 0 aliphatic rings. The maximum Gasteiger partial charge on any atom is 0.308 e. The predicted molar refractivity (Wildman–Crippen MR) is 97.6 cm³/mol. The quantitative estimate of drug-likeness (QED) is 0.306. The standard InChI is InChI=1S/C18H17N5O4/c1-12(24)27-16-8-7-13(9-17(16)26-2)10-19-21-18(25)11-23-15-6-4-3-5-14(15)20-22-23/h3-10H,11H2,1-2H3,(H,21,25)/b19-10-. The lowest BCUT2D eigenvalue weighted by Crippen LogP contribution is -2.23. The van der Waals surface area contributed by atoms with Gasteiger partial charge in [0.25, 0.3) is 5.91 Å². The molecule has 3 aromatic rings. The number of amides is 1. The summed E-state index contributed by atoms with van der Waals surface area (Å²) in [5.74, 6) is -0.0909. The van der Waals surface area contributed by atoms with Gasteiger partial charge in [-0.2, -0.15) is 5.10 Å². The molecule has 27 heavy (non-hydrogen) atoms. The van der Waals surface area contributed by atoms with Crippen molar-refractivity contribution >= 4 is 29.1 Å². The molecule has 9 nitrogen and oxygen atoms in total. The van der Waals surface area contributed by atoms with Crippen LogP contribution in [0.25, 0.3) is 11.0 Å². The van der Waals surface area contributed by atoms with Gasteiger partial charge in [0, 0.05) is 6.92 Å². The summed E-state index contributed by atoms with van der Waals surface area (Å²) in [7, 11) is 1.47. The topological polar surface area (TPSA) is 108 Å². The molecule has 138 valence electrons. The Morgan fingerprint density at radius 2 is 2.04 bits per heavy atom. The van der Waals surface area contributed by atoms with Gasteiger partial charge < -0.3 is 9.47 Å². The molecule has 2 aromatic carbocycles. The summed E-state index contributed by atoms with van der Waals surface area (Å²) >= 11 is 0. The molecular weight excluding hydrogens is 350 g/mol. The highest BCUT2D eigenvalue weighted by atomic mass is 16.6. The van der Waals surface area contributed by atoms with Crippen LogP contribution in [-0.4, -0.2) is 40.2 Å². The van der Waals surface area contributed by atoms with Gasteiger partial charge in [0.05, 0.1) is 18.8 Å². The molecule has 0 bridgehead atoms. The normalized spacial score (nSPS) is 10.9. The third-order valence-electron chi connectivity index (χ3n) is 3.56. The number of esters is 1. The number of carbonyl (C=O) groups is 2. The Labute approximate surface area is 154 Å². The van der Waals surface area contributed by atoms with Crippen molar-refractivity contribution in [3.63, 3.8) is 0 Å². The predicted octanol–water partition coefficient (Wildman–Crippen LogP) is 1.52. The zero-order chi connectivity index (χ0) is 19.2. The summed E-state index contributed by atoms with van der Waals surface area (Å²) in [5, 5.41) is 11.9. The molecule has 0 saturated heterocycles. The van der Waals surface area contributed by atoms with Gasteiger partial charge in [0.15, 0.2) is 11.5 Å². The van der Waals surface area contributed by atoms with Crippen molar-refractivity contribution in [1.82, 2.24) is 20.4 Å². The molecule has 1 aromatic heterocycles. The van der Waals surface area contributed by atoms with Gasteiger partial charge in [-0.15, -0.1) is 5.10 Å². The largest absolute Gasteiger partial charge is 0.493 e. The lowest BCUT2D eigenvalue weighted by Gasteiger charge is -2.08. The summed E-state index contributed by atoms with van der Waals surface area (Å²) in [6.07, 6.45) is 1.46. The number of hydrazone groups is 1. The van der Waals surface area contributed by atoms with Crippen molar-refractivity contribution in [2.24, 2.45) is 5.10 Å². The van der Waals surface area contributed by atoms with E-state index in [1.54, 1.807) is 18.2 Å². The first-order valence-electron chi connectivity index (χ1n) is 8.03. The van der Waals surface area contributed by atoms with Crippen LogP contribution in [0.1, 0.15) is 12.5 Å². The maximum absolute atomic E-state index is 12.0. The Morgan fingerprint density at radius 1 is 1.22 bits per heavy atom. The number of benzene rings is 2. The minimum atomic E-state index is -0.442. The molecule has 0 aliphatic carbocycles. The highest BCUT2D eigenvalue weighted by molar-refractivity contribution is 5.84. The lowest BCUT2D eigenvalue weighted by atomic mass is 10.2. The van der Waals surface area contributed by atoms with Crippen LogP contribution < -0.4 is 14.9 Å². The second-order valence-corrected chi connectivity index (χ2v) is 5.53. The van der Waals surface area contributed by atoms with E-state index in [0.29, 0.717) is 22.6 Å². The van der Waals surface area contributed by atoms with Crippen molar-refractivity contribution in [1.29, 1.82) is 0 Å². The number of rotatable bonds is 6. The molecule has 0 unspecified atom stereocenters. The fraction of sp³-hybridized carbons (Fsp3) is 0.167. The number of aromatic nitrogens is 3. The number of fused-ring (bicyclic) bond motifs is 1. The number of hydrogen-bond acceptors (Lipinski definition) is 7. The monoisotopic (exact) mass is 367 g/mol. The van der Waals surface area contributed by atoms with E-state index in [2.05, 4.69) is 20.8 Å². The minimum Gasteiger partial charge on any atom is -0.493 e. The van der Waals surface area contributed by atoms with Gasteiger partial charge in [-0.3, -0.25) is 9.59 Å². The maximum atomic E-state index is 12.0. The van der Waals surface area contributed by atoms with Gasteiger partial charge in [-0.25, -0.2) is 10.1 Å². The summed E-state index contributed by atoms with van der Waals surface area (Å²) in [6, 6.07) is 12.3. The lowest BCUT2D eigenvalue weighted by molar-refractivity contribution is -0.132. The molecule has 1 heterocycles. The summed E-state index contributed by atoms with van der Waals surface area (Å²) in [5.41, 5.74) is 4.58. The van der Waals surface area contributed by atoms with E-state index in [0.717, 1.165) is 5.52 Å². The van der Waals surface area contributed by atoms with Crippen LogP contribution in [0.15, 0.2) is 47.6 Å². The van der Waals surface area contributed by atoms with Crippen molar-refractivity contribution in [2.75, 3.05) is 7.11 Å². The van der Waals surface area contributed by atoms with Crippen molar-refractivity contribution in [3.05, 3.63) is 48.0 Å². The third kappa shape index (κ3) is 4.46. The molecule has 0 saturated carbocycles. The second-order valence-electron chi connectivity index (χ2n) is 5.53. The van der Waals surface area contributed by atoms with Crippen molar-refractivity contribution in [3.8, 4) is 11.5 Å². The van der Waals surface area contributed by atoms with Crippen LogP contribution in [0.2, 0.25) is 0 Å². The van der Waals surface area contributed by atoms with Crippen LogP contribution in [0, 0.1) is 0 Å². The number of para-hydroxylation sites is 1. The van der Waals surface area contributed by atoms with Gasteiger partial charge in [-0.05, 0) is 35.9 Å². The SMILES string of the molecule is COc1cc(/C=N\NC(=O)Cn2nnc3ccccc32)ccc1OC(C)=O. The number of carbonyl (C=O) groups excluding carboxylic acids is 2. The van der Waals surface area contributed by atoms with Crippen LogP contribution in [0.4, 0.5) is 0 Å². The summed E-state index contributed by atoms with van der Waals surface area (Å²) in [4.78, 5) is 23.1. The van der Waals surface area contributed by atoms with Gasteiger partial charge in [-0.1, -0.05) is 17.3 Å². The first-order valence-corrected chi connectivity index (χ1v) is 8.03. The molecule has 9 heteroatoms. The Balaban J connectivity index is 1.63. The smallest absolute Gasteiger partial charge is 0.308 e. The summed E-state index contributed by atoms with van der Waals surface area (Å²) in [6.45, 7) is 1.30. The van der Waals surface area contributed by atoms with E-state index >= 15 is 0 Å². The summed E-state index contributed by atoms with van der Waals surface area (Å²) < 4.78 is 11.7. The zero-order valence-corrected chi connectivity index (χ0v) is 14.7. The number of hydrogen-bond donors (Lipinski definition) is 1. The number of nitrogens with one attached hydrogen (secondary N) is 1. The molecule has 0 atom stereocenters. The highest BCUT2D eigenvalue weighted by Gasteiger charge is 2.09. The molecule has 3 rings (SSSR count). The average molecular weight is 367 g/mol. The Kier molecular flexibility index (Phi) is 5.41. The molecule has 1 amide bonds. The van der Waals surface area contributed by atoms with Gasteiger partial charge >= 0.3 is 5.97 Å². The zero-order valence-electron chi connectivity index (χ0n) is 14.7. The molecule has 0 spiro atoms. The first kappa shape index (κ1) is 18.1. The molecule has 0 fully saturated rings. The molecule has 1 N–H and O–H groups in total. The molecule has 0 aliphatic heterocycles. The minimum absolute atomic E-state index is 0.00738. The van der Waals surface area contributed by atoms with Gasteiger partial charge in [0.2, 0.25) is 0 Å². The number of methoxy groups -OCH3 is 1. The second kappa shape index (κ2) is 8.09. The van der Waals surface area contributed by atoms with Crippen LogP contribution >= 0.6 is 0 Å². The Morgan fingerprint density at radius 3 is 2.81 bits per heavy atom. The van der Waals surface area contributed by atoms with E-state index in [-0.39, 0.29) is 12.5 Å². The van der Waals surface area contributed by atoms with E-state index < -0.39 is 5.97 Å². The van der Waals surface area contributed by atoms with E-state index in [1.807, 2.05) is 24.3 Å². The van der Waals surface area contributed by atoms with Crippen LogP contribution in [-0.2, 0) is 16.1 Å². The van der Waals surface area contributed by atoms with Crippen molar-refractivity contribution < 1.29 is 19.1 Å². The van der Waals surface area contributed by atoms with Crippen LogP contribution in [0.3, 0.4) is 0 Å². The highest BCUT2D eigenvalue weighted by Crippen LogP contribution is 2.27. The van der Waals surface area contributed by atoms with Crippen LogP contribution in [0.5, 0.6) is 11.5 Å². The average Bonchev–Trinajstić information content (AvgIpc) is 3.05. The molecule has 0 radical (unpaired) electrons. The van der Waals surface area contributed by atoms with E-state index in [1.165, 1.54) is 24.9 Å². The number of ether oxygens (including phenoxy) is 2.